The van der Waals surface area contributed by atoms with Gasteiger partial charge in [0, 0.05) is 32.7 Å². The molecule has 0 unspecified atom stereocenters. The number of aromatic nitrogens is 4. The van der Waals surface area contributed by atoms with Crippen molar-refractivity contribution in [2.75, 3.05) is 52.5 Å². The predicted molar refractivity (Wildman–Crippen MR) is 194 cm³/mol. The fourth-order valence-electron chi connectivity index (χ4n) is 8.58. The van der Waals surface area contributed by atoms with Crippen LogP contribution in [0.2, 0.25) is 0 Å². The molecule has 6 heterocycles. The minimum atomic E-state index is -0.271. The second-order valence-corrected chi connectivity index (χ2v) is 14.5. The summed E-state index contributed by atoms with van der Waals surface area (Å²) in [5, 5.41) is 0. The van der Waals surface area contributed by atoms with Gasteiger partial charge in [-0.1, -0.05) is 61.0 Å². The molecule has 0 aliphatic carbocycles. The number of amides is 2. The van der Waals surface area contributed by atoms with E-state index >= 15 is 0 Å². The Morgan fingerprint density at radius 3 is 2.00 bits per heavy atom. The number of benzene rings is 2. The van der Waals surface area contributed by atoms with Crippen molar-refractivity contribution in [2.45, 2.75) is 76.0 Å². The number of aromatic amines is 2. The van der Waals surface area contributed by atoms with E-state index in [9.17, 15) is 9.59 Å². The van der Waals surface area contributed by atoms with E-state index in [-0.39, 0.29) is 29.9 Å². The van der Waals surface area contributed by atoms with Crippen molar-refractivity contribution >= 4 is 11.8 Å². The molecular formula is C40H50N8O3. The fourth-order valence-corrected chi connectivity index (χ4v) is 8.58. The van der Waals surface area contributed by atoms with E-state index < -0.39 is 0 Å². The van der Waals surface area contributed by atoms with Gasteiger partial charge < -0.3 is 24.5 Å². The lowest BCUT2D eigenvalue weighted by Crippen LogP contribution is -2.44. The summed E-state index contributed by atoms with van der Waals surface area (Å²) in [6, 6.07) is 18.1. The molecule has 2 aromatic heterocycles. The summed E-state index contributed by atoms with van der Waals surface area (Å²) in [7, 11) is 0. The van der Waals surface area contributed by atoms with Gasteiger partial charge in [0.1, 0.15) is 17.7 Å². The van der Waals surface area contributed by atoms with Crippen LogP contribution in [0.4, 0.5) is 0 Å². The van der Waals surface area contributed by atoms with E-state index in [1.54, 1.807) is 0 Å². The van der Waals surface area contributed by atoms with Crippen molar-refractivity contribution in [2.24, 2.45) is 0 Å². The summed E-state index contributed by atoms with van der Waals surface area (Å²) >= 11 is 0. The molecule has 8 rings (SSSR count). The monoisotopic (exact) mass is 690 g/mol. The molecule has 0 radical (unpaired) electrons. The van der Waals surface area contributed by atoms with Crippen LogP contribution < -0.4 is 0 Å². The lowest BCUT2D eigenvalue weighted by molar-refractivity contribution is -0.139. The maximum absolute atomic E-state index is 14.4. The van der Waals surface area contributed by atoms with Gasteiger partial charge in [0.25, 0.3) is 0 Å². The summed E-state index contributed by atoms with van der Waals surface area (Å²) < 4.78 is 5.53. The molecule has 0 saturated carbocycles. The highest BCUT2D eigenvalue weighted by atomic mass is 16.5. The molecule has 4 aromatic rings. The van der Waals surface area contributed by atoms with E-state index in [4.69, 9.17) is 14.7 Å². The third-order valence-electron chi connectivity index (χ3n) is 11.3. The Labute approximate surface area is 300 Å². The van der Waals surface area contributed by atoms with Crippen molar-refractivity contribution in [3.8, 4) is 11.4 Å². The number of rotatable bonds is 10. The third kappa shape index (κ3) is 7.38. The molecule has 11 heteroatoms. The number of carbonyl (C=O) groups excluding carboxylic acids is 2. The molecule has 2 N–H and O–H groups in total. The first-order chi connectivity index (χ1) is 25.1. The Morgan fingerprint density at radius 1 is 0.706 bits per heavy atom. The van der Waals surface area contributed by atoms with Crippen molar-refractivity contribution in [3.05, 3.63) is 95.3 Å². The summed E-state index contributed by atoms with van der Waals surface area (Å²) in [5.74, 6) is 1.92. The number of imidazole rings is 2. The molecule has 4 aliphatic rings. The number of H-pyrrole nitrogens is 2. The topological polar surface area (TPSA) is 114 Å². The van der Waals surface area contributed by atoms with Gasteiger partial charge in [-0.15, -0.1) is 0 Å². The van der Waals surface area contributed by atoms with Crippen LogP contribution in [-0.2, 0) is 27.3 Å². The number of likely N-dealkylation sites (tertiary alicyclic amines) is 3. The predicted octanol–water partition coefficient (Wildman–Crippen LogP) is 5.43. The van der Waals surface area contributed by atoms with Crippen LogP contribution >= 0.6 is 0 Å². The van der Waals surface area contributed by atoms with Crippen LogP contribution in [0, 0.1) is 0 Å². The smallest absolute Gasteiger partial charge is 0.245 e. The Hall–Kier alpha value is -4.32. The van der Waals surface area contributed by atoms with Crippen LogP contribution in [0.3, 0.4) is 0 Å². The molecule has 3 atom stereocenters. The van der Waals surface area contributed by atoms with E-state index in [2.05, 4.69) is 50.1 Å². The van der Waals surface area contributed by atoms with Gasteiger partial charge in [0.2, 0.25) is 11.8 Å². The van der Waals surface area contributed by atoms with E-state index in [1.165, 1.54) is 12.0 Å². The molecule has 268 valence electrons. The molecule has 2 amide bonds. The molecule has 2 aromatic carbocycles. The highest BCUT2D eigenvalue weighted by molar-refractivity contribution is 5.84. The SMILES string of the molecule is O=C(Cc1ccccc1CN1CCOCC1)N1CCC[C@H]1c1ncc(-c2cnc([C@@H]3CCCN3C(=O)[C@@H](c3ccccc3)N3CCCCC3)[nH]2)[nH]1. The summed E-state index contributed by atoms with van der Waals surface area (Å²) in [6.45, 7) is 7.54. The number of morpholine rings is 1. The molecule has 4 saturated heterocycles. The first-order valence-electron chi connectivity index (χ1n) is 19.0. The first kappa shape index (κ1) is 33.8. The van der Waals surface area contributed by atoms with Gasteiger partial charge in [0.05, 0.1) is 55.5 Å². The van der Waals surface area contributed by atoms with Gasteiger partial charge in [-0.25, -0.2) is 9.97 Å². The Kier molecular flexibility index (Phi) is 10.3. The van der Waals surface area contributed by atoms with E-state index in [0.29, 0.717) is 6.42 Å². The molecule has 0 bridgehead atoms. The fraction of sp³-hybridized carbons (Fsp3) is 0.500. The number of nitrogens with zero attached hydrogens (tertiary/aromatic N) is 6. The molecule has 11 nitrogen and oxygen atoms in total. The molecule has 4 fully saturated rings. The maximum atomic E-state index is 14.4. The minimum absolute atomic E-state index is 0.0901. The standard InChI is InChI=1S/C40H50N8O3/c49-36(25-30-13-5-6-14-31(30)28-45-21-23-51-24-22-45)47-19-9-15-34(47)38-41-26-32(43-38)33-27-42-39(44-33)35-16-10-20-48(35)40(50)37(29-11-3-1-4-12-29)46-17-7-2-8-18-46/h1,3-6,11-14,26-27,34-35,37H,2,7-10,15-25,28H2,(H,41,43)(H,42,44)/t34-,35-,37+/m0/s1. The number of hydrogen-bond donors (Lipinski definition) is 2. The molecule has 0 spiro atoms. The van der Waals surface area contributed by atoms with Crippen LogP contribution in [0.5, 0.6) is 0 Å². The van der Waals surface area contributed by atoms with Gasteiger partial charge in [-0.3, -0.25) is 19.4 Å². The summed E-state index contributed by atoms with van der Waals surface area (Å²) in [5.41, 5.74) is 5.05. The van der Waals surface area contributed by atoms with Crippen molar-refractivity contribution in [1.29, 1.82) is 0 Å². The van der Waals surface area contributed by atoms with Crippen LogP contribution in [0.25, 0.3) is 11.4 Å². The summed E-state index contributed by atoms with van der Waals surface area (Å²) in [4.78, 5) is 53.6. The highest BCUT2D eigenvalue weighted by Crippen LogP contribution is 2.37. The van der Waals surface area contributed by atoms with Gasteiger partial charge >= 0.3 is 0 Å². The Bertz CT molecular complexity index is 1780. The largest absolute Gasteiger partial charge is 0.379 e. The average Bonchev–Trinajstić information content (AvgIpc) is 4.00. The Balaban J connectivity index is 0.951. The number of hydrogen-bond acceptors (Lipinski definition) is 7. The summed E-state index contributed by atoms with van der Waals surface area (Å²) in [6.07, 6.45) is 11.2. The molecule has 51 heavy (non-hydrogen) atoms. The second kappa shape index (κ2) is 15.5. The zero-order valence-electron chi connectivity index (χ0n) is 29.5. The van der Waals surface area contributed by atoms with Crippen LogP contribution in [-0.4, -0.2) is 104 Å². The van der Waals surface area contributed by atoms with E-state index in [1.807, 2.05) is 46.5 Å². The normalized spacial score (nSPS) is 22.4. The number of carbonyl (C=O) groups is 2. The quantitative estimate of drug-likeness (QED) is 0.228. The maximum Gasteiger partial charge on any atom is 0.245 e. The highest BCUT2D eigenvalue weighted by Gasteiger charge is 2.39. The zero-order valence-corrected chi connectivity index (χ0v) is 29.5. The third-order valence-corrected chi connectivity index (χ3v) is 11.3. The average molecular weight is 691 g/mol. The van der Waals surface area contributed by atoms with Crippen LogP contribution in [0.1, 0.15) is 91.4 Å². The van der Waals surface area contributed by atoms with Crippen LogP contribution in [0.15, 0.2) is 67.0 Å². The minimum Gasteiger partial charge on any atom is -0.379 e. The molecular weight excluding hydrogens is 640 g/mol. The number of piperidine rings is 1. The van der Waals surface area contributed by atoms with E-state index in [0.717, 1.165) is 132 Å². The Morgan fingerprint density at radius 2 is 1.31 bits per heavy atom. The lowest BCUT2D eigenvalue weighted by Gasteiger charge is -2.37. The van der Waals surface area contributed by atoms with Gasteiger partial charge in [0.15, 0.2) is 0 Å². The number of nitrogens with one attached hydrogen (secondary N) is 2. The lowest BCUT2D eigenvalue weighted by atomic mass is 10.00. The van der Waals surface area contributed by atoms with Gasteiger partial charge in [-0.05, 0) is 68.3 Å². The van der Waals surface area contributed by atoms with Gasteiger partial charge in [-0.2, -0.15) is 0 Å². The second-order valence-electron chi connectivity index (χ2n) is 14.5. The van der Waals surface area contributed by atoms with Crippen molar-refractivity contribution in [3.63, 3.8) is 0 Å². The first-order valence-corrected chi connectivity index (χ1v) is 19.0. The number of ether oxygens (including phenoxy) is 1. The van der Waals surface area contributed by atoms with Crippen molar-refractivity contribution in [1.82, 2.24) is 39.5 Å². The van der Waals surface area contributed by atoms with Crippen molar-refractivity contribution < 1.29 is 14.3 Å². The zero-order chi connectivity index (χ0) is 34.6. The molecule has 4 aliphatic heterocycles.